The Hall–Kier alpha value is -2.27. The van der Waals surface area contributed by atoms with E-state index in [-0.39, 0.29) is 0 Å². The SMILES string of the molecule is CCCCCCN1c2ccc(SCc3ccccc3)cc2Sc2cc(SCc3ccccc3)ccc21. The van der Waals surface area contributed by atoms with Crippen molar-refractivity contribution in [3.63, 3.8) is 0 Å². The van der Waals surface area contributed by atoms with E-state index in [0.717, 1.165) is 18.1 Å². The standard InChI is InChI=1S/C32H33NS3/c1-2-3-4-11-20-33-29-18-16-27(34-23-25-12-7-5-8-13-25)21-31(29)36-32-22-28(17-19-30(32)33)35-24-26-14-9-6-10-15-26/h5-10,12-19,21-22H,2-4,11,20,23-24H2,1H3. The first-order valence-electron chi connectivity index (χ1n) is 12.9. The summed E-state index contributed by atoms with van der Waals surface area (Å²) in [5.74, 6) is 2.00. The van der Waals surface area contributed by atoms with Gasteiger partial charge in [-0.1, -0.05) is 98.6 Å². The van der Waals surface area contributed by atoms with Gasteiger partial charge in [-0.05, 0) is 53.9 Å². The highest BCUT2D eigenvalue weighted by Crippen LogP contribution is 2.50. The van der Waals surface area contributed by atoms with E-state index in [9.17, 15) is 0 Å². The summed E-state index contributed by atoms with van der Waals surface area (Å²) in [6.07, 6.45) is 5.10. The van der Waals surface area contributed by atoms with Crippen LogP contribution in [0.2, 0.25) is 0 Å². The first-order chi connectivity index (χ1) is 17.8. The molecule has 4 aromatic carbocycles. The minimum Gasteiger partial charge on any atom is -0.340 e. The van der Waals surface area contributed by atoms with Crippen LogP contribution in [0, 0.1) is 0 Å². The average Bonchev–Trinajstić information content (AvgIpc) is 2.93. The Kier molecular flexibility index (Phi) is 9.03. The molecule has 1 nitrogen and oxygen atoms in total. The number of anilines is 2. The van der Waals surface area contributed by atoms with Crippen LogP contribution in [0.4, 0.5) is 11.4 Å². The van der Waals surface area contributed by atoms with E-state index in [4.69, 9.17) is 0 Å². The Labute approximate surface area is 229 Å². The van der Waals surface area contributed by atoms with Gasteiger partial charge in [-0.25, -0.2) is 0 Å². The van der Waals surface area contributed by atoms with E-state index in [0.29, 0.717) is 0 Å². The predicted octanol–water partition coefficient (Wildman–Crippen LogP) is 10.5. The molecule has 4 heteroatoms. The Morgan fingerprint density at radius 2 is 1.14 bits per heavy atom. The summed E-state index contributed by atoms with van der Waals surface area (Å²) in [4.78, 5) is 8.00. The third kappa shape index (κ3) is 6.53. The number of benzene rings is 4. The molecule has 5 rings (SSSR count). The van der Waals surface area contributed by atoms with E-state index in [2.05, 4.69) is 109 Å². The predicted molar refractivity (Wildman–Crippen MR) is 160 cm³/mol. The van der Waals surface area contributed by atoms with Crippen molar-refractivity contribution in [2.75, 3.05) is 11.4 Å². The molecule has 0 aromatic heterocycles. The van der Waals surface area contributed by atoms with Crippen LogP contribution in [0.15, 0.2) is 117 Å². The normalized spacial score (nSPS) is 12.3. The molecule has 1 aliphatic heterocycles. The van der Waals surface area contributed by atoms with Crippen LogP contribution in [0.3, 0.4) is 0 Å². The fourth-order valence-electron chi connectivity index (χ4n) is 4.45. The summed E-state index contributed by atoms with van der Waals surface area (Å²) >= 11 is 5.79. The van der Waals surface area contributed by atoms with Crippen LogP contribution in [0.1, 0.15) is 43.7 Å². The molecular weight excluding hydrogens is 495 g/mol. The van der Waals surface area contributed by atoms with Gasteiger partial charge in [0.05, 0.1) is 11.4 Å². The molecule has 36 heavy (non-hydrogen) atoms. The van der Waals surface area contributed by atoms with Gasteiger partial charge in [0.2, 0.25) is 0 Å². The highest BCUT2D eigenvalue weighted by molar-refractivity contribution is 8.00. The monoisotopic (exact) mass is 527 g/mol. The Morgan fingerprint density at radius 3 is 1.64 bits per heavy atom. The summed E-state index contributed by atoms with van der Waals surface area (Å²) in [5, 5.41) is 0. The minimum absolute atomic E-state index is 1.00. The fraction of sp³-hybridized carbons (Fsp3) is 0.250. The van der Waals surface area contributed by atoms with Crippen LogP contribution in [-0.4, -0.2) is 6.54 Å². The molecule has 1 heterocycles. The highest BCUT2D eigenvalue weighted by atomic mass is 32.2. The molecule has 0 fully saturated rings. The third-order valence-corrected chi connectivity index (χ3v) is 9.62. The molecule has 0 spiro atoms. The Bertz CT molecular complexity index is 1160. The van der Waals surface area contributed by atoms with E-state index < -0.39 is 0 Å². The van der Waals surface area contributed by atoms with Crippen molar-refractivity contribution >= 4 is 46.7 Å². The number of fused-ring (bicyclic) bond motifs is 2. The minimum atomic E-state index is 1.00. The van der Waals surface area contributed by atoms with Crippen molar-refractivity contribution in [1.29, 1.82) is 0 Å². The molecule has 0 aliphatic carbocycles. The van der Waals surface area contributed by atoms with Crippen LogP contribution in [-0.2, 0) is 11.5 Å². The molecule has 0 radical (unpaired) electrons. The maximum absolute atomic E-state index is 2.56. The van der Waals surface area contributed by atoms with Crippen LogP contribution in [0.25, 0.3) is 0 Å². The summed E-state index contributed by atoms with van der Waals surface area (Å²) in [5.41, 5.74) is 5.46. The van der Waals surface area contributed by atoms with E-state index in [1.807, 2.05) is 35.3 Å². The first-order valence-corrected chi connectivity index (χ1v) is 15.7. The van der Waals surface area contributed by atoms with E-state index >= 15 is 0 Å². The highest BCUT2D eigenvalue weighted by Gasteiger charge is 2.24. The van der Waals surface area contributed by atoms with Crippen LogP contribution in [0.5, 0.6) is 0 Å². The smallest absolute Gasteiger partial charge is 0.0553 e. The largest absolute Gasteiger partial charge is 0.340 e. The molecule has 0 saturated carbocycles. The molecular formula is C32H33NS3. The molecule has 1 aliphatic rings. The maximum Gasteiger partial charge on any atom is 0.0553 e. The number of unbranched alkanes of at least 4 members (excludes halogenated alkanes) is 3. The summed E-state index contributed by atoms with van der Waals surface area (Å²) in [7, 11) is 0. The van der Waals surface area contributed by atoms with Crippen molar-refractivity contribution in [2.24, 2.45) is 0 Å². The second-order valence-electron chi connectivity index (χ2n) is 9.12. The zero-order valence-corrected chi connectivity index (χ0v) is 23.3. The average molecular weight is 528 g/mol. The third-order valence-electron chi connectivity index (χ3n) is 6.40. The number of nitrogens with zero attached hydrogens (tertiary/aromatic N) is 1. The van der Waals surface area contributed by atoms with Crippen molar-refractivity contribution in [2.45, 2.75) is 63.7 Å². The lowest BCUT2D eigenvalue weighted by Crippen LogP contribution is -2.22. The zero-order chi connectivity index (χ0) is 24.6. The van der Waals surface area contributed by atoms with Gasteiger partial charge in [-0.2, -0.15) is 0 Å². The molecule has 0 bridgehead atoms. The van der Waals surface area contributed by atoms with Crippen molar-refractivity contribution in [1.82, 2.24) is 0 Å². The van der Waals surface area contributed by atoms with Gasteiger partial charge in [-0.3, -0.25) is 0 Å². The van der Waals surface area contributed by atoms with E-state index in [1.165, 1.54) is 67.8 Å². The molecule has 0 saturated heterocycles. The quantitative estimate of drug-likeness (QED) is 0.141. The van der Waals surface area contributed by atoms with Crippen molar-refractivity contribution in [3.05, 3.63) is 108 Å². The lowest BCUT2D eigenvalue weighted by molar-refractivity contribution is 0.665. The Morgan fingerprint density at radius 1 is 0.611 bits per heavy atom. The second-order valence-corrected chi connectivity index (χ2v) is 12.3. The fourth-order valence-corrected chi connectivity index (χ4v) is 7.55. The van der Waals surface area contributed by atoms with Crippen molar-refractivity contribution in [3.8, 4) is 0 Å². The second kappa shape index (κ2) is 12.8. The number of hydrogen-bond acceptors (Lipinski definition) is 4. The van der Waals surface area contributed by atoms with Gasteiger partial charge < -0.3 is 4.90 Å². The van der Waals surface area contributed by atoms with E-state index in [1.54, 1.807) is 0 Å². The summed E-state index contributed by atoms with van der Waals surface area (Å²) < 4.78 is 0. The maximum atomic E-state index is 2.56. The summed E-state index contributed by atoms with van der Waals surface area (Å²) in [6.45, 7) is 3.36. The molecule has 0 atom stereocenters. The Balaban J connectivity index is 1.36. The lowest BCUT2D eigenvalue weighted by Gasteiger charge is -2.33. The number of rotatable bonds is 11. The van der Waals surface area contributed by atoms with Gasteiger partial charge >= 0.3 is 0 Å². The molecule has 0 N–H and O–H groups in total. The summed E-state index contributed by atoms with van der Waals surface area (Å²) in [6, 6.07) is 35.6. The van der Waals surface area contributed by atoms with Gasteiger partial charge in [0.15, 0.2) is 0 Å². The zero-order valence-electron chi connectivity index (χ0n) is 20.9. The van der Waals surface area contributed by atoms with Crippen LogP contribution >= 0.6 is 35.3 Å². The van der Waals surface area contributed by atoms with Crippen molar-refractivity contribution < 1.29 is 0 Å². The number of hydrogen-bond donors (Lipinski definition) is 0. The number of thioether (sulfide) groups is 2. The van der Waals surface area contributed by atoms with Gasteiger partial charge in [0.25, 0.3) is 0 Å². The molecule has 0 unspecified atom stereocenters. The van der Waals surface area contributed by atoms with Gasteiger partial charge in [0.1, 0.15) is 0 Å². The molecule has 184 valence electrons. The lowest BCUT2D eigenvalue weighted by atomic mass is 10.1. The van der Waals surface area contributed by atoms with Gasteiger partial charge in [-0.15, -0.1) is 23.5 Å². The molecule has 4 aromatic rings. The molecule has 0 amide bonds. The topological polar surface area (TPSA) is 3.24 Å². The first kappa shape index (κ1) is 25.4. The van der Waals surface area contributed by atoms with Crippen LogP contribution < -0.4 is 4.90 Å². The van der Waals surface area contributed by atoms with Gasteiger partial charge in [0, 0.05) is 37.6 Å².